The van der Waals surface area contributed by atoms with Crippen LogP contribution >= 0.6 is 11.3 Å². The number of aromatic nitrogens is 1. The zero-order valence-electron chi connectivity index (χ0n) is 13.9. The van der Waals surface area contributed by atoms with Crippen LogP contribution in [0.15, 0.2) is 17.5 Å². The largest absolute Gasteiger partial charge is 0.483 e. The summed E-state index contributed by atoms with van der Waals surface area (Å²) in [5, 5.41) is 13.7. The number of ether oxygens (including phenoxy) is 1. The van der Waals surface area contributed by atoms with Gasteiger partial charge in [0.2, 0.25) is 0 Å². The van der Waals surface area contributed by atoms with E-state index in [-0.39, 0.29) is 18.2 Å². The number of thiazole rings is 1. The second-order valence-electron chi connectivity index (χ2n) is 5.55. The van der Waals surface area contributed by atoms with Gasteiger partial charge in [0, 0.05) is 18.3 Å². The van der Waals surface area contributed by atoms with Crippen molar-refractivity contribution < 1.29 is 19.4 Å². The standard InChI is InChI=1S/C17H20N2O4S/c1-10-6-11(2)16(12(3)7-10)23-8-14(20)18-5-4-15-19-13(9-24-15)17(21)22/h6-7,9H,4-5,8H2,1-3H3,(H,18,20)(H,21,22). The molecule has 1 aromatic carbocycles. The van der Waals surface area contributed by atoms with Crippen LogP contribution in [0.4, 0.5) is 0 Å². The van der Waals surface area contributed by atoms with E-state index >= 15 is 0 Å². The van der Waals surface area contributed by atoms with Crippen molar-refractivity contribution in [2.75, 3.05) is 13.2 Å². The topological polar surface area (TPSA) is 88.5 Å². The number of rotatable bonds is 7. The number of aromatic carboxylic acids is 1. The van der Waals surface area contributed by atoms with Crippen LogP contribution in [-0.4, -0.2) is 35.1 Å². The first-order valence-corrected chi connectivity index (χ1v) is 8.40. The van der Waals surface area contributed by atoms with Crippen LogP contribution in [0.25, 0.3) is 0 Å². The van der Waals surface area contributed by atoms with Crippen molar-refractivity contribution in [2.24, 2.45) is 0 Å². The van der Waals surface area contributed by atoms with Crippen LogP contribution in [0.5, 0.6) is 5.75 Å². The predicted octanol–water partition coefficient (Wildman–Crippen LogP) is 2.50. The summed E-state index contributed by atoms with van der Waals surface area (Å²) in [6, 6.07) is 4.03. The third-order valence-corrected chi connectivity index (χ3v) is 4.29. The van der Waals surface area contributed by atoms with E-state index in [2.05, 4.69) is 10.3 Å². The minimum absolute atomic E-state index is 0.0370. The summed E-state index contributed by atoms with van der Waals surface area (Å²) >= 11 is 1.27. The van der Waals surface area contributed by atoms with Gasteiger partial charge in [-0.25, -0.2) is 9.78 Å². The molecule has 6 nitrogen and oxygen atoms in total. The van der Waals surface area contributed by atoms with Gasteiger partial charge in [-0.1, -0.05) is 17.7 Å². The molecule has 2 aromatic rings. The van der Waals surface area contributed by atoms with E-state index < -0.39 is 5.97 Å². The smallest absolute Gasteiger partial charge is 0.355 e. The van der Waals surface area contributed by atoms with Crippen LogP contribution < -0.4 is 10.1 Å². The molecular weight excluding hydrogens is 328 g/mol. The van der Waals surface area contributed by atoms with Crippen molar-refractivity contribution >= 4 is 23.2 Å². The number of hydrogen-bond donors (Lipinski definition) is 2. The minimum atomic E-state index is -1.04. The van der Waals surface area contributed by atoms with Gasteiger partial charge in [0.25, 0.3) is 5.91 Å². The molecule has 0 saturated carbocycles. The molecule has 0 aliphatic rings. The third-order valence-electron chi connectivity index (χ3n) is 3.38. The van der Waals surface area contributed by atoms with E-state index in [1.54, 1.807) is 0 Å². The average molecular weight is 348 g/mol. The number of aryl methyl sites for hydroxylation is 3. The van der Waals surface area contributed by atoms with E-state index in [0.29, 0.717) is 18.0 Å². The van der Waals surface area contributed by atoms with Crippen LogP contribution in [0.3, 0.4) is 0 Å². The number of carboxylic acids is 1. The minimum Gasteiger partial charge on any atom is -0.483 e. The maximum atomic E-state index is 11.9. The van der Waals surface area contributed by atoms with E-state index in [4.69, 9.17) is 9.84 Å². The first-order chi connectivity index (χ1) is 11.4. The van der Waals surface area contributed by atoms with Gasteiger partial charge < -0.3 is 15.2 Å². The molecule has 2 rings (SSSR count). The summed E-state index contributed by atoms with van der Waals surface area (Å²) in [4.78, 5) is 26.6. The Hall–Kier alpha value is -2.41. The Kier molecular flexibility index (Phi) is 5.92. The van der Waals surface area contributed by atoms with Gasteiger partial charge in [-0.2, -0.15) is 0 Å². The number of nitrogens with zero attached hydrogens (tertiary/aromatic N) is 1. The molecule has 128 valence electrons. The zero-order chi connectivity index (χ0) is 17.7. The number of carbonyl (C=O) groups excluding carboxylic acids is 1. The summed E-state index contributed by atoms with van der Waals surface area (Å²) in [7, 11) is 0. The van der Waals surface area contributed by atoms with Gasteiger partial charge in [0.05, 0.1) is 5.01 Å². The second kappa shape index (κ2) is 7.92. The molecule has 0 radical (unpaired) electrons. The Morgan fingerprint density at radius 3 is 2.50 bits per heavy atom. The lowest BCUT2D eigenvalue weighted by Crippen LogP contribution is -2.30. The van der Waals surface area contributed by atoms with Crippen molar-refractivity contribution in [1.29, 1.82) is 0 Å². The van der Waals surface area contributed by atoms with Gasteiger partial charge in [0.1, 0.15) is 5.75 Å². The highest BCUT2D eigenvalue weighted by atomic mass is 32.1. The van der Waals surface area contributed by atoms with Gasteiger partial charge >= 0.3 is 5.97 Å². The second-order valence-corrected chi connectivity index (χ2v) is 6.49. The van der Waals surface area contributed by atoms with E-state index in [0.717, 1.165) is 22.4 Å². The highest BCUT2D eigenvalue weighted by Crippen LogP contribution is 2.24. The van der Waals surface area contributed by atoms with E-state index in [9.17, 15) is 9.59 Å². The maximum absolute atomic E-state index is 11.9. The van der Waals surface area contributed by atoms with Crippen molar-refractivity contribution in [3.63, 3.8) is 0 Å². The van der Waals surface area contributed by atoms with Crippen molar-refractivity contribution in [3.8, 4) is 5.75 Å². The maximum Gasteiger partial charge on any atom is 0.355 e. The lowest BCUT2D eigenvalue weighted by atomic mass is 10.1. The fraction of sp³-hybridized carbons (Fsp3) is 0.353. The normalized spacial score (nSPS) is 10.5. The van der Waals surface area contributed by atoms with Crippen LogP contribution in [0.1, 0.15) is 32.2 Å². The molecule has 0 aliphatic heterocycles. The van der Waals surface area contributed by atoms with E-state index in [1.807, 2.05) is 32.9 Å². The number of carbonyl (C=O) groups is 2. The highest BCUT2D eigenvalue weighted by Gasteiger charge is 2.10. The molecule has 1 aromatic heterocycles. The molecule has 1 heterocycles. The molecule has 0 saturated heterocycles. The average Bonchev–Trinajstić information content (AvgIpc) is 2.95. The molecular formula is C17H20N2O4S. The quantitative estimate of drug-likeness (QED) is 0.802. The first-order valence-electron chi connectivity index (χ1n) is 7.52. The first kappa shape index (κ1) is 17.9. The molecule has 1 amide bonds. The Morgan fingerprint density at radius 2 is 1.92 bits per heavy atom. The fourth-order valence-electron chi connectivity index (χ4n) is 2.42. The number of nitrogens with one attached hydrogen (secondary N) is 1. The molecule has 24 heavy (non-hydrogen) atoms. The van der Waals surface area contributed by atoms with Crippen LogP contribution in [0, 0.1) is 20.8 Å². The summed E-state index contributed by atoms with van der Waals surface area (Å²) in [5.41, 5.74) is 3.20. The van der Waals surface area contributed by atoms with Gasteiger partial charge in [-0.05, 0) is 31.9 Å². The summed E-state index contributed by atoms with van der Waals surface area (Å²) in [6.07, 6.45) is 0.492. The van der Waals surface area contributed by atoms with Gasteiger partial charge in [-0.3, -0.25) is 4.79 Å². The van der Waals surface area contributed by atoms with Gasteiger partial charge in [-0.15, -0.1) is 11.3 Å². The Balaban J connectivity index is 1.78. The number of carboxylic acid groups (broad SMARTS) is 1. The summed E-state index contributed by atoms with van der Waals surface area (Å²) in [6.45, 7) is 6.26. The molecule has 0 atom stereocenters. The molecule has 0 spiro atoms. The monoisotopic (exact) mass is 348 g/mol. The Morgan fingerprint density at radius 1 is 1.25 bits per heavy atom. The SMILES string of the molecule is Cc1cc(C)c(OCC(=O)NCCc2nc(C(=O)O)cs2)c(C)c1. The Bertz CT molecular complexity index is 732. The summed E-state index contributed by atoms with van der Waals surface area (Å²) < 4.78 is 5.62. The summed E-state index contributed by atoms with van der Waals surface area (Å²) in [5.74, 6) is -0.523. The van der Waals surface area contributed by atoms with Crippen molar-refractivity contribution in [3.05, 3.63) is 44.9 Å². The number of hydrogen-bond acceptors (Lipinski definition) is 5. The van der Waals surface area contributed by atoms with Crippen molar-refractivity contribution in [1.82, 2.24) is 10.3 Å². The fourth-order valence-corrected chi connectivity index (χ4v) is 3.19. The van der Waals surface area contributed by atoms with E-state index in [1.165, 1.54) is 16.7 Å². The van der Waals surface area contributed by atoms with Crippen LogP contribution in [-0.2, 0) is 11.2 Å². The molecule has 0 fully saturated rings. The number of amides is 1. The Labute approximate surface area is 144 Å². The number of benzene rings is 1. The molecule has 0 aliphatic carbocycles. The predicted molar refractivity (Wildman–Crippen MR) is 91.9 cm³/mol. The molecule has 0 bridgehead atoms. The lowest BCUT2D eigenvalue weighted by Gasteiger charge is -2.13. The highest BCUT2D eigenvalue weighted by molar-refractivity contribution is 7.09. The van der Waals surface area contributed by atoms with Gasteiger partial charge in [0.15, 0.2) is 12.3 Å². The molecule has 7 heteroatoms. The van der Waals surface area contributed by atoms with Crippen LogP contribution in [0.2, 0.25) is 0 Å². The van der Waals surface area contributed by atoms with Crippen molar-refractivity contribution in [2.45, 2.75) is 27.2 Å². The third kappa shape index (κ3) is 4.79. The lowest BCUT2D eigenvalue weighted by molar-refractivity contribution is -0.123. The zero-order valence-corrected chi connectivity index (χ0v) is 14.7. The molecule has 2 N–H and O–H groups in total. The molecule has 0 unspecified atom stereocenters.